The van der Waals surface area contributed by atoms with Gasteiger partial charge in [-0.1, -0.05) is 17.7 Å². The number of carbonyl (C=O) groups excluding carboxylic acids is 1. The number of rotatable bonds is 2. The third kappa shape index (κ3) is 2.66. The molecule has 0 aliphatic carbocycles. The molecule has 0 saturated carbocycles. The molecule has 0 aliphatic heterocycles. The maximum atomic E-state index is 13.5. The van der Waals surface area contributed by atoms with E-state index in [0.717, 1.165) is 5.56 Å². The van der Waals surface area contributed by atoms with Gasteiger partial charge >= 0.3 is 5.97 Å². The topological polar surface area (TPSA) is 26.3 Å². The highest BCUT2D eigenvalue weighted by atomic mass is 19.2. The summed E-state index contributed by atoms with van der Waals surface area (Å²) in [6.07, 6.45) is 0. The van der Waals surface area contributed by atoms with Gasteiger partial charge in [0.15, 0.2) is 23.3 Å². The molecule has 22 heavy (non-hydrogen) atoms. The van der Waals surface area contributed by atoms with Crippen LogP contribution in [-0.2, 0) is 0 Å². The predicted molar refractivity (Wildman–Crippen MR) is 67.1 cm³/mol. The van der Waals surface area contributed by atoms with Gasteiger partial charge in [0.2, 0.25) is 5.82 Å². The van der Waals surface area contributed by atoms with Crippen molar-refractivity contribution in [2.75, 3.05) is 0 Å². The van der Waals surface area contributed by atoms with Crippen molar-refractivity contribution in [2.45, 2.75) is 13.8 Å². The highest BCUT2D eigenvalue weighted by molar-refractivity contribution is 5.92. The van der Waals surface area contributed by atoms with E-state index in [1.165, 1.54) is 6.07 Å². The number of hydrogen-bond donors (Lipinski definition) is 0. The predicted octanol–water partition coefficient (Wildman–Crippen LogP) is 4.22. The first-order valence-corrected chi connectivity index (χ1v) is 6.05. The van der Waals surface area contributed by atoms with Crippen LogP contribution in [0.4, 0.5) is 22.0 Å². The van der Waals surface area contributed by atoms with Crippen LogP contribution in [0, 0.1) is 42.9 Å². The molecule has 0 fully saturated rings. The minimum absolute atomic E-state index is 0.0421. The SMILES string of the molecule is Cc1ccc(OC(=O)c2c(F)c(F)c(F)c(F)c2F)c(C)c1. The van der Waals surface area contributed by atoms with Crippen LogP contribution in [0.3, 0.4) is 0 Å². The van der Waals surface area contributed by atoms with Crippen LogP contribution in [0.1, 0.15) is 21.5 Å². The van der Waals surface area contributed by atoms with Gasteiger partial charge in [-0.05, 0) is 25.5 Å². The van der Waals surface area contributed by atoms with E-state index in [4.69, 9.17) is 4.74 Å². The first kappa shape index (κ1) is 15.9. The minimum atomic E-state index is -2.34. The van der Waals surface area contributed by atoms with E-state index in [1.807, 2.05) is 0 Å². The van der Waals surface area contributed by atoms with Gasteiger partial charge in [0.25, 0.3) is 0 Å². The third-order valence-electron chi connectivity index (χ3n) is 2.95. The summed E-state index contributed by atoms with van der Waals surface area (Å²) < 4.78 is 70.8. The number of ether oxygens (including phenoxy) is 1. The van der Waals surface area contributed by atoms with Crippen molar-refractivity contribution >= 4 is 5.97 Å². The smallest absolute Gasteiger partial charge is 0.349 e. The fourth-order valence-corrected chi connectivity index (χ4v) is 1.85. The number of aryl methyl sites for hydroxylation is 2. The summed E-state index contributed by atoms with van der Waals surface area (Å²) >= 11 is 0. The summed E-state index contributed by atoms with van der Waals surface area (Å²) in [7, 11) is 0. The van der Waals surface area contributed by atoms with E-state index in [-0.39, 0.29) is 5.75 Å². The Labute approximate surface area is 122 Å². The van der Waals surface area contributed by atoms with Gasteiger partial charge < -0.3 is 4.74 Å². The molecule has 0 spiro atoms. The van der Waals surface area contributed by atoms with Crippen molar-refractivity contribution in [3.8, 4) is 5.75 Å². The molecule has 0 heterocycles. The maximum Gasteiger partial charge on any atom is 0.349 e. The number of esters is 1. The molecular weight excluding hydrogens is 307 g/mol. The van der Waals surface area contributed by atoms with E-state index in [1.54, 1.807) is 26.0 Å². The first-order valence-electron chi connectivity index (χ1n) is 6.05. The van der Waals surface area contributed by atoms with Gasteiger partial charge in [-0.3, -0.25) is 0 Å². The van der Waals surface area contributed by atoms with Crippen molar-refractivity contribution in [3.63, 3.8) is 0 Å². The molecule has 7 heteroatoms. The largest absolute Gasteiger partial charge is 0.422 e. The molecule has 2 nitrogen and oxygen atoms in total. The zero-order chi connectivity index (χ0) is 16.6. The third-order valence-corrected chi connectivity index (χ3v) is 2.95. The molecule has 2 aromatic carbocycles. The Morgan fingerprint density at radius 2 is 1.36 bits per heavy atom. The lowest BCUT2D eigenvalue weighted by atomic mass is 10.1. The van der Waals surface area contributed by atoms with Crippen molar-refractivity contribution in [3.05, 3.63) is 64.0 Å². The van der Waals surface area contributed by atoms with Gasteiger partial charge in [0.1, 0.15) is 11.3 Å². The number of carbonyl (C=O) groups is 1. The second-order valence-corrected chi connectivity index (χ2v) is 4.60. The molecule has 116 valence electrons. The monoisotopic (exact) mass is 316 g/mol. The molecule has 0 aromatic heterocycles. The number of benzene rings is 2. The second-order valence-electron chi connectivity index (χ2n) is 4.60. The quantitative estimate of drug-likeness (QED) is 0.273. The summed E-state index contributed by atoms with van der Waals surface area (Å²) in [5.41, 5.74) is -0.317. The lowest BCUT2D eigenvalue weighted by molar-refractivity contribution is 0.0719. The van der Waals surface area contributed by atoms with Gasteiger partial charge in [-0.15, -0.1) is 0 Å². The van der Waals surface area contributed by atoms with Crippen molar-refractivity contribution in [1.82, 2.24) is 0 Å². The molecule has 0 unspecified atom stereocenters. The zero-order valence-corrected chi connectivity index (χ0v) is 11.4. The number of hydrogen-bond acceptors (Lipinski definition) is 2. The van der Waals surface area contributed by atoms with Crippen LogP contribution in [0.2, 0.25) is 0 Å². The number of halogens is 5. The van der Waals surface area contributed by atoms with Crippen LogP contribution in [0.5, 0.6) is 5.75 Å². The Morgan fingerprint density at radius 3 is 1.86 bits per heavy atom. The van der Waals surface area contributed by atoms with Gasteiger partial charge in [0.05, 0.1) is 0 Å². The average Bonchev–Trinajstić information content (AvgIpc) is 2.46. The normalized spacial score (nSPS) is 10.7. The Kier molecular flexibility index (Phi) is 4.16. The van der Waals surface area contributed by atoms with Gasteiger partial charge in [-0.2, -0.15) is 0 Å². The maximum absolute atomic E-state index is 13.5. The van der Waals surface area contributed by atoms with Crippen LogP contribution in [0.15, 0.2) is 18.2 Å². The highest BCUT2D eigenvalue weighted by Crippen LogP contribution is 2.25. The lowest BCUT2D eigenvalue weighted by Crippen LogP contribution is -2.17. The van der Waals surface area contributed by atoms with E-state index in [2.05, 4.69) is 0 Å². The van der Waals surface area contributed by atoms with E-state index in [0.29, 0.717) is 5.56 Å². The molecule has 0 amide bonds. The molecule has 0 bridgehead atoms. The molecule has 0 N–H and O–H groups in total. The average molecular weight is 316 g/mol. The molecule has 0 saturated heterocycles. The Morgan fingerprint density at radius 1 is 0.864 bits per heavy atom. The standard InChI is InChI=1S/C15H9F5O2/c1-6-3-4-8(7(2)5-6)22-15(21)9-10(16)12(18)14(20)13(19)11(9)17/h3-5H,1-2H3. The van der Waals surface area contributed by atoms with Crippen LogP contribution >= 0.6 is 0 Å². The molecule has 0 radical (unpaired) electrons. The van der Waals surface area contributed by atoms with Gasteiger partial charge in [0, 0.05) is 0 Å². The fourth-order valence-electron chi connectivity index (χ4n) is 1.85. The van der Waals surface area contributed by atoms with E-state index in [9.17, 15) is 26.7 Å². The van der Waals surface area contributed by atoms with Crippen LogP contribution in [0.25, 0.3) is 0 Å². The summed E-state index contributed by atoms with van der Waals surface area (Å²) in [4.78, 5) is 11.8. The summed E-state index contributed by atoms with van der Waals surface area (Å²) in [6, 6.07) is 4.55. The Hall–Kier alpha value is -2.44. The van der Waals surface area contributed by atoms with Crippen molar-refractivity contribution in [2.24, 2.45) is 0 Å². The summed E-state index contributed by atoms with van der Waals surface area (Å²) in [5.74, 6) is -12.9. The van der Waals surface area contributed by atoms with Crippen LogP contribution < -0.4 is 4.74 Å². The minimum Gasteiger partial charge on any atom is -0.422 e. The summed E-state index contributed by atoms with van der Waals surface area (Å²) in [6.45, 7) is 3.33. The van der Waals surface area contributed by atoms with Crippen molar-refractivity contribution in [1.29, 1.82) is 0 Å². The molecule has 0 aliphatic rings. The van der Waals surface area contributed by atoms with Gasteiger partial charge in [-0.25, -0.2) is 26.7 Å². The zero-order valence-electron chi connectivity index (χ0n) is 11.4. The van der Waals surface area contributed by atoms with E-state index >= 15 is 0 Å². The van der Waals surface area contributed by atoms with Crippen LogP contribution in [-0.4, -0.2) is 5.97 Å². The second kappa shape index (κ2) is 5.75. The summed E-state index contributed by atoms with van der Waals surface area (Å²) in [5, 5.41) is 0. The molecular formula is C15H9F5O2. The first-order chi connectivity index (χ1) is 10.2. The van der Waals surface area contributed by atoms with E-state index < -0.39 is 40.6 Å². The lowest BCUT2D eigenvalue weighted by Gasteiger charge is -2.10. The molecule has 2 aromatic rings. The highest BCUT2D eigenvalue weighted by Gasteiger charge is 2.31. The Bertz CT molecular complexity index is 742. The van der Waals surface area contributed by atoms with Crippen molar-refractivity contribution < 1.29 is 31.5 Å². The fraction of sp³-hybridized carbons (Fsp3) is 0.133. The molecule has 0 atom stereocenters. The Balaban J connectivity index is 2.46. The molecule has 2 rings (SSSR count).